The van der Waals surface area contributed by atoms with Crippen molar-refractivity contribution in [3.8, 4) is 0 Å². The van der Waals surface area contributed by atoms with Gasteiger partial charge in [-0.05, 0) is 12.1 Å². The predicted molar refractivity (Wildman–Crippen MR) is 76.3 cm³/mol. The molecule has 1 aromatic rings. The van der Waals surface area contributed by atoms with E-state index in [0.29, 0.717) is 5.56 Å². The number of nitrogens with two attached hydrogens (primary N) is 2. The maximum absolute atomic E-state index is 12.1. The molecule has 0 saturated carbocycles. The Balaban J connectivity index is 3.22. The Hall–Kier alpha value is -1.22. The van der Waals surface area contributed by atoms with E-state index in [4.69, 9.17) is 35.3 Å². The number of carbonyl (C=O) groups excluding carboxylic acids is 1. The van der Waals surface area contributed by atoms with Gasteiger partial charge in [-0.2, -0.15) is 4.31 Å². The quantitative estimate of drug-likeness (QED) is 0.747. The van der Waals surface area contributed by atoms with Crippen molar-refractivity contribution >= 4 is 44.7 Å². The minimum absolute atomic E-state index is 0.0263. The monoisotopic (exact) mass is 321 g/mol. The van der Waals surface area contributed by atoms with E-state index in [1.165, 1.54) is 25.2 Å². The van der Waals surface area contributed by atoms with Gasteiger partial charge in [0.1, 0.15) is 9.88 Å². The lowest BCUT2D eigenvalue weighted by atomic mass is 10.2. The molecule has 0 aromatic heterocycles. The van der Waals surface area contributed by atoms with Crippen molar-refractivity contribution in [3.05, 3.63) is 28.8 Å². The number of halogens is 1. The third-order valence-corrected chi connectivity index (χ3v) is 4.81. The van der Waals surface area contributed by atoms with Crippen LogP contribution < -0.4 is 11.5 Å². The van der Waals surface area contributed by atoms with Crippen molar-refractivity contribution in [1.82, 2.24) is 4.31 Å². The molecule has 0 bridgehead atoms. The van der Waals surface area contributed by atoms with Gasteiger partial charge in [0.05, 0.1) is 11.6 Å². The van der Waals surface area contributed by atoms with E-state index in [9.17, 15) is 13.2 Å². The summed E-state index contributed by atoms with van der Waals surface area (Å²) in [6, 6.07) is 4.08. The maximum Gasteiger partial charge on any atom is 0.244 e. The SMILES string of the molecule is CN(CC(N)=O)S(=O)(=O)c1ccc(C(N)=S)cc1Cl. The van der Waals surface area contributed by atoms with Crippen LogP contribution in [-0.2, 0) is 14.8 Å². The van der Waals surface area contributed by atoms with Crippen LogP contribution in [0.15, 0.2) is 23.1 Å². The Morgan fingerprint density at radius 2 is 2.00 bits per heavy atom. The van der Waals surface area contributed by atoms with E-state index < -0.39 is 22.5 Å². The van der Waals surface area contributed by atoms with Gasteiger partial charge in [0.15, 0.2) is 0 Å². The van der Waals surface area contributed by atoms with Gasteiger partial charge < -0.3 is 11.5 Å². The average molecular weight is 322 g/mol. The molecule has 0 aliphatic heterocycles. The van der Waals surface area contributed by atoms with Gasteiger partial charge in [0.2, 0.25) is 15.9 Å². The first-order valence-electron chi connectivity index (χ1n) is 5.00. The molecule has 0 atom stereocenters. The molecule has 9 heteroatoms. The van der Waals surface area contributed by atoms with Crippen molar-refractivity contribution in [1.29, 1.82) is 0 Å². The van der Waals surface area contributed by atoms with Crippen LogP contribution in [0.1, 0.15) is 5.56 Å². The summed E-state index contributed by atoms with van der Waals surface area (Å²) < 4.78 is 25.1. The summed E-state index contributed by atoms with van der Waals surface area (Å²) >= 11 is 10.7. The molecule has 0 saturated heterocycles. The van der Waals surface area contributed by atoms with E-state index >= 15 is 0 Å². The van der Waals surface area contributed by atoms with Gasteiger partial charge in [-0.15, -0.1) is 0 Å². The number of sulfonamides is 1. The first-order valence-corrected chi connectivity index (χ1v) is 7.23. The molecule has 0 radical (unpaired) electrons. The van der Waals surface area contributed by atoms with Gasteiger partial charge in [0.25, 0.3) is 0 Å². The number of hydrogen-bond donors (Lipinski definition) is 2. The summed E-state index contributed by atoms with van der Waals surface area (Å²) in [6.45, 7) is -0.435. The topological polar surface area (TPSA) is 106 Å². The molecule has 1 aromatic carbocycles. The first kappa shape index (κ1) is 15.8. The molecule has 0 unspecified atom stereocenters. The number of likely N-dealkylation sites (N-methyl/N-ethyl adjacent to an activating group) is 1. The molecule has 0 aliphatic rings. The van der Waals surface area contributed by atoms with Crippen molar-refractivity contribution in [2.75, 3.05) is 13.6 Å². The first-order chi connectivity index (χ1) is 8.66. The Kier molecular flexibility index (Phi) is 4.86. The molecule has 1 amide bonds. The second-order valence-electron chi connectivity index (χ2n) is 3.74. The third-order valence-electron chi connectivity index (χ3n) is 2.28. The highest BCUT2D eigenvalue weighted by Crippen LogP contribution is 2.25. The third kappa shape index (κ3) is 3.63. The standard InChI is InChI=1S/C10H12ClN3O3S2/c1-14(5-9(12)15)19(16,17)8-3-2-6(10(13)18)4-7(8)11/h2-4H,5H2,1H3,(H2,12,15)(H2,13,18). The molecule has 104 valence electrons. The number of thiocarbonyl (C=S) groups is 1. The van der Waals surface area contributed by atoms with Crippen molar-refractivity contribution in [2.45, 2.75) is 4.90 Å². The van der Waals surface area contributed by atoms with Gasteiger partial charge in [-0.25, -0.2) is 8.42 Å². The van der Waals surface area contributed by atoms with Crippen molar-refractivity contribution in [2.24, 2.45) is 11.5 Å². The highest BCUT2D eigenvalue weighted by molar-refractivity contribution is 7.89. The van der Waals surface area contributed by atoms with Gasteiger partial charge >= 0.3 is 0 Å². The fourth-order valence-corrected chi connectivity index (χ4v) is 3.11. The van der Waals surface area contributed by atoms with Crippen LogP contribution >= 0.6 is 23.8 Å². The molecule has 0 spiro atoms. The van der Waals surface area contributed by atoms with Crippen LogP contribution in [0.5, 0.6) is 0 Å². The summed E-state index contributed by atoms with van der Waals surface area (Å²) in [5, 5.41) is -0.0263. The van der Waals surface area contributed by atoms with Crippen molar-refractivity contribution in [3.63, 3.8) is 0 Å². The zero-order chi connectivity index (χ0) is 14.8. The minimum atomic E-state index is -3.89. The molecule has 19 heavy (non-hydrogen) atoms. The summed E-state index contributed by atoms with van der Waals surface area (Å²) in [5.74, 6) is -0.762. The van der Waals surface area contributed by atoms with E-state index in [1.54, 1.807) is 0 Å². The van der Waals surface area contributed by atoms with Crippen LogP contribution in [0, 0.1) is 0 Å². The van der Waals surface area contributed by atoms with E-state index in [1.807, 2.05) is 0 Å². The molecular formula is C10H12ClN3O3S2. The number of carbonyl (C=O) groups is 1. The number of hydrogen-bond acceptors (Lipinski definition) is 4. The zero-order valence-electron chi connectivity index (χ0n) is 9.96. The largest absolute Gasteiger partial charge is 0.389 e. The van der Waals surface area contributed by atoms with E-state index in [2.05, 4.69) is 0 Å². The second-order valence-corrected chi connectivity index (χ2v) is 6.60. The fraction of sp³-hybridized carbons (Fsp3) is 0.200. The Morgan fingerprint density at radius 1 is 1.42 bits per heavy atom. The zero-order valence-corrected chi connectivity index (χ0v) is 12.3. The molecule has 6 nitrogen and oxygen atoms in total. The lowest BCUT2D eigenvalue weighted by molar-refractivity contribution is -0.118. The van der Waals surface area contributed by atoms with Crippen LogP contribution in [-0.4, -0.2) is 37.2 Å². The van der Waals surface area contributed by atoms with E-state index in [0.717, 1.165) is 4.31 Å². The summed E-state index contributed by atoms with van der Waals surface area (Å²) in [7, 11) is -2.66. The number of rotatable bonds is 5. The number of nitrogens with zero attached hydrogens (tertiary/aromatic N) is 1. The van der Waals surface area contributed by atoms with Crippen LogP contribution in [0.25, 0.3) is 0 Å². The second kappa shape index (κ2) is 5.83. The number of benzene rings is 1. The van der Waals surface area contributed by atoms with Crippen molar-refractivity contribution < 1.29 is 13.2 Å². The number of primary amides is 1. The summed E-state index contributed by atoms with van der Waals surface area (Å²) in [4.78, 5) is 10.7. The smallest absolute Gasteiger partial charge is 0.244 e. The summed E-state index contributed by atoms with van der Waals surface area (Å²) in [5.41, 5.74) is 10.8. The molecule has 0 aliphatic carbocycles. The minimum Gasteiger partial charge on any atom is -0.389 e. The molecular weight excluding hydrogens is 310 g/mol. The van der Waals surface area contributed by atoms with Gasteiger partial charge in [-0.3, -0.25) is 4.79 Å². The van der Waals surface area contributed by atoms with Crippen LogP contribution in [0.2, 0.25) is 5.02 Å². The molecule has 4 N–H and O–H groups in total. The number of amides is 1. The Morgan fingerprint density at radius 3 is 2.42 bits per heavy atom. The highest BCUT2D eigenvalue weighted by Gasteiger charge is 2.24. The molecule has 0 heterocycles. The molecule has 1 rings (SSSR count). The maximum atomic E-state index is 12.1. The lowest BCUT2D eigenvalue weighted by Crippen LogP contribution is -2.35. The molecule has 0 fully saturated rings. The van der Waals surface area contributed by atoms with Gasteiger partial charge in [-0.1, -0.05) is 29.9 Å². The van der Waals surface area contributed by atoms with Crippen LogP contribution in [0.4, 0.5) is 0 Å². The fourth-order valence-electron chi connectivity index (χ4n) is 1.34. The average Bonchev–Trinajstić information content (AvgIpc) is 2.27. The summed E-state index contributed by atoms with van der Waals surface area (Å²) in [6.07, 6.45) is 0. The van der Waals surface area contributed by atoms with E-state index in [-0.39, 0.29) is 14.9 Å². The van der Waals surface area contributed by atoms with Crippen LogP contribution in [0.3, 0.4) is 0 Å². The van der Waals surface area contributed by atoms with Gasteiger partial charge in [0, 0.05) is 12.6 Å². The Labute approximate surface area is 121 Å². The highest BCUT2D eigenvalue weighted by atomic mass is 35.5. The normalized spacial score (nSPS) is 11.5. The lowest BCUT2D eigenvalue weighted by Gasteiger charge is -2.16. The predicted octanol–water partition coefficient (Wildman–Crippen LogP) is 0.0800. The Bertz CT molecular complexity index is 631.